The highest BCUT2D eigenvalue weighted by atomic mass is 19.4. The molecular formula is C52H74F6N6O. The predicted molar refractivity (Wildman–Crippen MR) is 256 cm³/mol. The number of carbonyl (C=O) groups excluding carboxylic acids is 1. The lowest BCUT2D eigenvalue weighted by Gasteiger charge is -2.20. The molecule has 4 rings (SSSR count). The van der Waals surface area contributed by atoms with Gasteiger partial charge in [-0.05, 0) is 156 Å². The lowest BCUT2D eigenvalue weighted by atomic mass is 10.1. The minimum Gasteiger partial charge on any atom is -0.326 e. The number of carbonyl (C=O) groups is 1. The summed E-state index contributed by atoms with van der Waals surface area (Å²) >= 11 is 0. The number of benzene rings is 4. The van der Waals surface area contributed by atoms with Gasteiger partial charge in [0.15, 0.2) is 0 Å². The molecule has 0 spiro atoms. The second kappa shape index (κ2) is 33.1. The van der Waals surface area contributed by atoms with Gasteiger partial charge in [0.2, 0.25) is 0 Å². The number of hydrogen-bond acceptors (Lipinski definition) is 7. The molecule has 0 fully saturated rings. The third-order valence-corrected chi connectivity index (χ3v) is 10.4. The Morgan fingerprint density at radius 1 is 0.508 bits per heavy atom. The van der Waals surface area contributed by atoms with Crippen LogP contribution in [0.2, 0.25) is 0 Å². The molecule has 7 nitrogen and oxygen atoms in total. The maximum absolute atomic E-state index is 12.6. The molecule has 0 bridgehead atoms. The van der Waals surface area contributed by atoms with E-state index in [4.69, 9.17) is 5.73 Å². The number of alkyl halides is 6. The third-order valence-electron chi connectivity index (χ3n) is 10.4. The number of unbranched alkanes of at least 4 members (excludes halogenated alkanes) is 2. The van der Waals surface area contributed by atoms with Gasteiger partial charge in [-0.1, -0.05) is 100 Å². The molecule has 0 aliphatic rings. The van der Waals surface area contributed by atoms with Gasteiger partial charge in [-0.15, -0.1) is 0 Å². The summed E-state index contributed by atoms with van der Waals surface area (Å²) in [6, 6.07) is 25.9. The molecule has 65 heavy (non-hydrogen) atoms. The molecule has 0 saturated heterocycles. The van der Waals surface area contributed by atoms with E-state index < -0.39 is 23.5 Å². The van der Waals surface area contributed by atoms with Crippen LogP contribution in [-0.2, 0) is 38.5 Å². The second-order valence-electron chi connectivity index (χ2n) is 16.1. The summed E-state index contributed by atoms with van der Waals surface area (Å²) in [5, 5.41) is 7.04. The van der Waals surface area contributed by atoms with Gasteiger partial charge in [-0.2, -0.15) is 26.3 Å². The summed E-state index contributed by atoms with van der Waals surface area (Å²) in [5.74, 6) is 0. The topological polar surface area (TPSA) is 86.0 Å². The normalized spacial score (nSPS) is 11.7. The Hall–Kier alpha value is -4.40. The van der Waals surface area contributed by atoms with E-state index in [1.54, 1.807) is 6.21 Å². The van der Waals surface area contributed by atoms with Gasteiger partial charge in [0.05, 0.1) is 17.7 Å². The smallest absolute Gasteiger partial charge is 0.326 e. The van der Waals surface area contributed by atoms with Crippen LogP contribution in [0.15, 0.2) is 102 Å². The van der Waals surface area contributed by atoms with Crippen molar-refractivity contribution in [1.82, 2.24) is 20.4 Å². The van der Waals surface area contributed by atoms with Crippen LogP contribution in [0.4, 0.5) is 26.3 Å². The van der Waals surface area contributed by atoms with Crippen LogP contribution in [0.1, 0.15) is 128 Å². The second-order valence-corrected chi connectivity index (χ2v) is 16.1. The summed E-state index contributed by atoms with van der Waals surface area (Å²) in [5.41, 5.74) is 9.96. The van der Waals surface area contributed by atoms with E-state index in [0.29, 0.717) is 24.9 Å². The van der Waals surface area contributed by atoms with Crippen LogP contribution in [0, 0.1) is 0 Å². The Labute approximate surface area is 385 Å². The van der Waals surface area contributed by atoms with Crippen molar-refractivity contribution < 1.29 is 31.1 Å². The lowest BCUT2D eigenvalue weighted by molar-refractivity contribution is -0.138. The molecule has 4 aromatic carbocycles. The van der Waals surface area contributed by atoms with Gasteiger partial charge in [-0.3, -0.25) is 9.79 Å². The van der Waals surface area contributed by atoms with E-state index in [9.17, 15) is 31.1 Å². The minimum absolute atomic E-state index is 0.239. The van der Waals surface area contributed by atoms with Crippen LogP contribution in [-0.4, -0.2) is 74.7 Å². The summed E-state index contributed by atoms with van der Waals surface area (Å²) in [6.07, 6.45) is 3.38. The molecule has 0 atom stereocenters. The van der Waals surface area contributed by atoms with E-state index in [-0.39, 0.29) is 5.56 Å². The maximum Gasteiger partial charge on any atom is 0.416 e. The first kappa shape index (κ1) is 56.7. The zero-order valence-electron chi connectivity index (χ0n) is 39.1. The van der Waals surface area contributed by atoms with Crippen molar-refractivity contribution in [2.75, 3.05) is 52.4 Å². The monoisotopic (exact) mass is 913 g/mol. The van der Waals surface area contributed by atoms with Gasteiger partial charge in [-0.25, -0.2) is 0 Å². The largest absolute Gasteiger partial charge is 0.416 e. The van der Waals surface area contributed by atoms with Gasteiger partial charge in [0, 0.05) is 31.4 Å². The fourth-order valence-electron chi connectivity index (χ4n) is 6.89. The van der Waals surface area contributed by atoms with Crippen molar-refractivity contribution in [2.45, 2.75) is 118 Å². The van der Waals surface area contributed by atoms with E-state index in [1.807, 2.05) is 0 Å². The number of nitrogens with one attached hydrogen (secondary N) is 2. The van der Waals surface area contributed by atoms with E-state index >= 15 is 0 Å². The van der Waals surface area contributed by atoms with E-state index in [0.717, 1.165) is 68.1 Å². The number of halogens is 6. The number of hydrogen-bond donors (Lipinski definition) is 3. The Morgan fingerprint density at radius 3 is 1.23 bits per heavy atom. The molecule has 0 amide bonds. The van der Waals surface area contributed by atoms with Crippen LogP contribution < -0.4 is 16.4 Å². The number of rotatable bonds is 27. The molecule has 0 heterocycles. The first-order chi connectivity index (χ1) is 31.3. The third kappa shape index (κ3) is 25.8. The zero-order chi connectivity index (χ0) is 47.8. The average Bonchev–Trinajstić information content (AvgIpc) is 3.29. The molecular weight excluding hydrogens is 839 g/mol. The molecule has 0 aliphatic carbocycles. The average molecular weight is 913 g/mol. The SMILES string of the molecule is CCCN(CCC)CCCCNCc1ccc(CN)cc1.CCCN(CCC)CCCCNCc1ccc(CN=Cc2ccc(C(F)(F)F)cc2)cc1.O=Cc1ccc(C(F)(F)F)cc1. The maximum atomic E-state index is 12.6. The molecule has 360 valence electrons. The van der Waals surface area contributed by atoms with Gasteiger partial charge in [0.25, 0.3) is 0 Å². The fourth-order valence-corrected chi connectivity index (χ4v) is 6.89. The van der Waals surface area contributed by atoms with Crippen molar-refractivity contribution >= 4 is 12.5 Å². The Kier molecular flexibility index (Phi) is 28.9. The highest BCUT2D eigenvalue weighted by molar-refractivity contribution is 5.79. The van der Waals surface area contributed by atoms with E-state index in [1.165, 1.54) is 119 Å². The summed E-state index contributed by atoms with van der Waals surface area (Å²) in [6.45, 7) is 21.4. The van der Waals surface area contributed by atoms with Crippen LogP contribution in [0.3, 0.4) is 0 Å². The highest BCUT2D eigenvalue weighted by Gasteiger charge is 2.30. The Morgan fingerprint density at radius 2 is 0.877 bits per heavy atom. The molecule has 0 unspecified atom stereocenters. The standard InChI is InChI=1S/C26H36F3N3.C18H33N3.C8H5F3O/c1-3-16-32(17-4-2)18-6-5-15-30-19-22-7-9-23(10-8-22)20-31-21-24-11-13-25(14-12-24)26(27,28)29;1-3-12-21(13-4-2)14-6-5-11-20-16-18-9-7-17(15-19)8-10-18;9-8(10,11)7-3-1-6(5-12)2-4-7/h7-14,21,30H,3-6,15-20H2,1-2H3;7-10,20H,3-6,11-16,19H2,1-2H3;1-5H. The Balaban J connectivity index is 0.000000375. The minimum atomic E-state index is -4.33. The van der Waals surface area contributed by atoms with Crippen molar-refractivity contribution in [3.63, 3.8) is 0 Å². The number of aliphatic imine (C=N–C) groups is 1. The number of nitrogens with two attached hydrogens (primary N) is 1. The van der Waals surface area contributed by atoms with Crippen LogP contribution >= 0.6 is 0 Å². The van der Waals surface area contributed by atoms with Crippen LogP contribution in [0.5, 0.6) is 0 Å². The zero-order valence-corrected chi connectivity index (χ0v) is 39.1. The Bertz CT molecular complexity index is 1800. The molecule has 0 aromatic heterocycles. The molecule has 0 saturated carbocycles. The first-order valence-electron chi connectivity index (χ1n) is 23.3. The first-order valence-corrected chi connectivity index (χ1v) is 23.3. The lowest BCUT2D eigenvalue weighted by Crippen LogP contribution is -2.27. The molecule has 4 aromatic rings. The summed E-state index contributed by atoms with van der Waals surface area (Å²) in [7, 11) is 0. The molecule has 0 aliphatic heterocycles. The highest BCUT2D eigenvalue weighted by Crippen LogP contribution is 2.29. The van der Waals surface area contributed by atoms with Gasteiger partial charge >= 0.3 is 12.4 Å². The summed E-state index contributed by atoms with van der Waals surface area (Å²) < 4.78 is 73.6. The van der Waals surface area contributed by atoms with Crippen molar-refractivity contribution in [3.8, 4) is 0 Å². The van der Waals surface area contributed by atoms with Gasteiger partial charge in [0.1, 0.15) is 6.29 Å². The quantitative estimate of drug-likeness (QED) is 0.0239. The molecule has 13 heteroatoms. The molecule has 0 radical (unpaired) electrons. The fraction of sp³-hybridized carbons (Fsp3) is 0.500. The van der Waals surface area contributed by atoms with E-state index in [2.05, 4.69) is 102 Å². The summed E-state index contributed by atoms with van der Waals surface area (Å²) in [4.78, 5) is 19.6. The van der Waals surface area contributed by atoms with Crippen molar-refractivity contribution in [2.24, 2.45) is 10.7 Å². The van der Waals surface area contributed by atoms with Crippen molar-refractivity contribution in [1.29, 1.82) is 0 Å². The predicted octanol–water partition coefficient (Wildman–Crippen LogP) is 12.0. The van der Waals surface area contributed by atoms with Crippen molar-refractivity contribution in [3.05, 3.63) is 142 Å². The molecule has 4 N–H and O–H groups in total. The number of nitrogens with zero attached hydrogens (tertiary/aromatic N) is 3. The van der Waals surface area contributed by atoms with Gasteiger partial charge < -0.3 is 26.2 Å². The van der Waals surface area contributed by atoms with Crippen LogP contribution in [0.25, 0.3) is 0 Å². The number of aldehydes is 1.